The number of nitrogens with zero attached hydrogens (tertiary/aromatic N) is 2. The van der Waals surface area contributed by atoms with Crippen LogP contribution in [0.25, 0.3) is 6.08 Å². The highest BCUT2D eigenvalue weighted by molar-refractivity contribution is 6.29. The molecule has 2 aromatic carbocycles. The number of carbonyl (C=O) groups excluding carboxylic acids is 1. The van der Waals surface area contributed by atoms with E-state index in [1.165, 1.54) is 4.90 Å². The molecule has 0 amide bonds. The number of carboxylic acids is 2. The van der Waals surface area contributed by atoms with Crippen LogP contribution < -0.4 is 4.90 Å². The second kappa shape index (κ2) is 9.33. The summed E-state index contributed by atoms with van der Waals surface area (Å²) in [5.41, 5.74) is 2.82. The zero-order valence-electron chi connectivity index (χ0n) is 15.8. The van der Waals surface area contributed by atoms with Crippen LogP contribution >= 0.6 is 0 Å². The predicted octanol–water partition coefficient (Wildman–Crippen LogP) is 2.56. The van der Waals surface area contributed by atoms with Gasteiger partial charge in [0.1, 0.15) is 18.8 Å². The molecule has 0 saturated heterocycles. The molecule has 0 saturated carbocycles. The molecule has 0 radical (unpaired) electrons. The lowest BCUT2D eigenvalue weighted by Crippen LogP contribution is -2.34. The summed E-state index contributed by atoms with van der Waals surface area (Å²) >= 11 is 0. The van der Waals surface area contributed by atoms with Crippen LogP contribution in [0.2, 0.25) is 0 Å². The molecular formula is C22H18N2O6. The lowest BCUT2D eigenvalue weighted by Gasteiger charge is -2.20. The van der Waals surface area contributed by atoms with Crippen molar-refractivity contribution in [2.45, 2.75) is 0 Å². The Bertz CT molecular complexity index is 1020. The Morgan fingerprint density at radius 2 is 1.60 bits per heavy atom. The number of allylic oxidation sites excluding steroid dienone is 2. The highest BCUT2D eigenvalue weighted by Crippen LogP contribution is 2.19. The Balaban J connectivity index is 1.74. The molecule has 8 nitrogen and oxygen atoms in total. The summed E-state index contributed by atoms with van der Waals surface area (Å²) in [6.45, 7) is -0.839. The summed E-state index contributed by atoms with van der Waals surface area (Å²) in [7, 11) is 0. The average molecular weight is 406 g/mol. The third-order valence-electron chi connectivity index (χ3n) is 4.20. The van der Waals surface area contributed by atoms with Gasteiger partial charge in [-0.15, -0.1) is 0 Å². The Morgan fingerprint density at radius 1 is 0.967 bits per heavy atom. The van der Waals surface area contributed by atoms with E-state index in [1.807, 2.05) is 30.3 Å². The van der Waals surface area contributed by atoms with Crippen LogP contribution in [-0.4, -0.2) is 46.9 Å². The summed E-state index contributed by atoms with van der Waals surface area (Å²) in [4.78, 5) is 39.9. The van der Waals surface area contributed by atoms with E-state index in [9.17, 15) is 14.4 Å². The second-order valence-corrected chi connectivity index (χ2v) is 6.36. The number of rotatable bonds is 8. The lowest BCUT2D eigenvalue weighted by atomic mass is 10.0. The number of hydrogen-bond acceptors (Lipinski definition) is 6. The summed E-state index contributed by atoms with van der Waals surface area (Å²) in [6, 6.07) is 15.9. The van der Waals surface area contributed by atoms with Crippen molar-refractivity contribution in [1.29, 1.82) is 0 Å². The van der Waals surface area contributed by atoms with Crippen molar-refractivity contribution in [3.63, 3.8) is 0 Å². The van der Waals surface area contributed by atoms with Crippen LogP contribution in [0.4, 0.5) is 5.69 Å². The van der Waals surface area contributed by atoms with Crippen LogP contribution in [0.5, 0.6) is 0 Å². The van der Waals surface area contributed by atoms with Gasteiger partial charge in [-0.1, -0.05) is 59.8 Å². The summed E-state index contributed by atoms with van der Waals surface area (Å²) in [6.07, 6.45) is 5.04. The molecule has 0 atom stereocenters. The monoisotopic (exact) mass is 406 g/mol. The maximum atomic E-state index is 12.0. The number of carboxylic acid groups (broad SMARTS) is 2. The fourth-order valence-electron chi connectivity index (χ4n) is 2.85. The van der Waals surface area contributed by atoms with Crippen molar-refractivity contribution in [1.82, 2.24) is 0 Å². The van der Waals surface area contributed by atoms with Crippen LogP contribution in [0.15, 0.2) is 77.5 Å². The number of carbonyl (C=O) groups is 3. The highest BCUT2D eigenvalue weighted by atomic mass is 16.7. The number of aliphatic carboxylic acids is 2. The molecule has 8 heteroatoms. The Kier molecular flexibility index (Phi) is 6.39. The first-order valence-corrected chi connectivity index (χ1v) is 8.96. The van der Waals surface area contributed by atoms with Crippen molar-refractivity contribution in [2.75, 3.05) is 18.0 Å². The zero-order valence-corrected chi connectivity index (χ0v) is 15.8. The molecule has 0 bridgehead atoms. The van der Waals surface area contributed by atoms with Gasteiger partial charge in [-0.05, 0) is 23.8 Å². The summed E-state index contributed by atoms with van der Waals surface area (Å²) in [5, 5.41) is 21.8. The minimum Gasteiger partial charge on any atom is -0.480 e. The van der Waals surface area contributed by atoms with Crippen LogP contribution in [0.3, 0.4) is 0 Å². The van der Waals surface area contributed by atoms with E-state index in [1.54, 1.807) is 42.5 Å². The van der Waals surface area contributed by atoms with E-state index in [0.717, 1.165) is 11.1 Å². The molecule has 0 spiro atoms. The topological polar surface area (TPSA) is 116 Å². The molecule has 30 heavy (non-hydrogen) atoms. The number of hydrogen-bond donors (Lipinski definition) is 2. The SMILES string of the molecule is O=C(O)CN(CC(=O)O)c1ccc(C=CC=C2C(=O)ON=C2c2ccccc2)cc1. The van der Waals surface area contributed by atoms with Crippen molar-refractivity contribution in [2.24, 2.45) is 5.16 Å². The fourth-order valence-corrected chi connectivity index (χ4v) is 2.85. The largest absolute Gasteiger partial charge is 0.480 e. The van der Waals surface area contributed by atoms with E-state index < -0.39 is 31.0 Å². The molecule has 3 rings (SSSR count). The molecule has 2 aromatic rings. The smallest absolute Gasteiger partial charge is 0.368 e. The molecule has 0 aliphatic carbocycles. The standard InChI is InChI=1S/C22H18N2O6/c25-19(26)13-24(14-20(27)28)17-11-9-15(10-12-17)5-4-8-18-21(23-30-22(18)29)16-6-2-1-3-7-16/h1-12H,13-14H2,(H,25,26)(H,27,28). The number of benzene rings is 2. The Hall–Kier alpha value is -4.20. The molecule has 0 unspecified atom stereocenters. The molecule has 2 N–H and O–H groups in total. The van der Waals surface area contributed by atoms with Crippen molar-refractivity contribution >= 4 is 35.4 Å². The minimum atomic E-state index is -1.12. The first-order chi connectivity index (χ1) is 14.4. The molecule has 1 aliphatic rings. The van der Waals surface area contributed by atoms with Crippen LogP contribution in [0.1, 0.15) is 11.1 Å². The van der Waals surface area contributed by atoms with Gasteiger partial charge in [-0.25, -0.2) is 4.79 Å². The molecule has 1 heterocycles. The van der Waals surface area contributed by atoms with Gasteiger partial charge in [-0.2, -0.15) is 0 Å². The molecule has 1 aliphatic heterocycles. The van der Waals surface area contributed by atoms with Gasteiger partial charge in [0.05, 0.1) is 5.57 Å². The summed E-state index contributed by atoms with van der Waals surface area (Å²) < 4.78 is 0. The highest BCUT2D eigenvalue weighted by Gasteiger charge is 2.25. The van der Waals surface area contributed by atoms with Crippen molar-refractivity contribution < 1.29 is 29.4 Å². The maximum absolute atomic E-state index is 12.0. The van der Waals surface area contributed by atoms with Gasteiger partial charge >= 0.3 is 17.9 Å². The van der Waals surface area contributed by atoms with Gasteiger partial charge in [-0.3, -0.25) is 9.59 Å². The maximum Gasteiger partial charge on any atom is 0.368 e. The average Bonchev–Trinajstić information content (AvgIpc) is 3.08. The molecule has 0 aromatic heterocycles. The lowest BCUT2D eigenvalue weighted by molar-refractivity contribution is -0.138. The third kappa shape index (κ3) is 5.20. The van der Waals surface area contributed by atoms with Gasteiger partial charge < -0.3 is 20.0 Å². The third-order valence-corrected chi connectivity index (χ3v) is 4.20. The van der Waals surface area contributed by atoms with E-state index in [0.29, 0.717) is 17.0 Å². The fraction of sp³-hybridized carbons (Fsp3) is 0.0909. The Morgan fingerprint density at radius 3 is 2.20 bits per heavy atom. The normalized spacial score (nSPS) is 14.6. The van der Waals surface area contributed by atoms with Crippen LogP contribution in [0, 0.1) is 0 Å². The molecule has 152 valence electrons. The van der Waals surface area contributed by atoms with Crippen molar-refractivity contribution in [3.05, 3.63) is 83.4 Å². The van der Waals surface area contributed by atoms with Crippen molar-refractivity contribution in [3.8, 4) is 0 Å². The van der Waals surface area contributed by atoms with Gasteiger partial charge in [0, 0.05) is 11.3 Å². The van der Waals surface area contributed by atoms with Crippen LogP contribution in [-0.2, 0) is 19.2 Å². The van der Waals surface area contributed by atoms with E-state index >= 15 is 0 Å². The minimum absolute atomic E-state index is 0.336. The molecule has 0 fully saturated rings. The van der Waals surface area contributed by atoms with Gasteiger partial charge in [0.15, 0.2) is 0 Å². The first kappa shape index (κ1) is 20.5. The first-order valence-electron chi connectivity index (χ1n) is 8.96. The van der Waals surface area contributed by atoms with E-state index in [-0.39, 0.29) is 0 Å². The zero-order chi connectivity index (χ0) is 21.5. The summed E-state index contributed by atoms with van der Waals surface area (Å²) in [5.74, 6) is -2.77. The molecular weight excluding hydrogens is 388 g/mol. The quantitative estimate of drug-likeness (QED) is 0.511. The Labute approximate surface area is 172 Å². The second-order valence-electron chi connectivity index (χ2n) is 6.36. The van der Waals surface area contributed by atoms with Gasteiger partial charge in [0.2, 0.25) is 0 Å². The number of anilines is 1. The van der Waals surface area contributed by atoms with E-state index in [2.05, 4.69) is 5.16 Å². The number of oxime groups is 1. The van der Waals surface area contributed by atoms with E-state index in [4.69, 9.17) is 15.1 Å². The predicted molar refractivity (Wildman–Crippen MR) is 110 cm³/mol. The van der Waals surface area contributed by atoms with Gasteiger partial charge in [0.25, 0.3) is 0 Å².